The van der Waals surface area contributed by atoms with Crippen LogP contribution in [0.15, 0.2) is 36.5 Å². The number of fused-ring (bicyclic) bond motifs is 1. The van der Waals surface area contributed by atoms with Crippen molar-refractivity contribution < 1.29 is 0 Å². The lowest BCUT2D eigenvalue weighted by molar-refractivity contribution is 0.172. The molecule has 1 aliphatic carbocycles. The van der Waals surface area contributed by atoms with Gasteiger partial charge in [0.05, 0.1) is 5.52 Å². The van der Waals surface area contributed by atoms with Crippen molar-refractivity contribution in [3.63, 3.8) is 0 Å². The van der Waals surface area contributed by atoms with Gasteiger partial charge in [0.2, 0.25) is 0 Å². The molecule has 2 heteroatoms. The molecular weight excluding hydrogens is 232 g/mol. The minimum absolute atomic E-state index is 0.852. The molecule has 2 atom stereocenters. The molecule has 1 aromatic carbocycles. The summed E-state index contributed by atoms with van der Waals surface area (Å²) in [5, 5.41) is 4.82. The van der Waals surface area contributed by atoms with Crippen LogP contribution in [0.4, 0.5) is 0 Å². The zero-order chi connectivity index (χ0) is 13.1. The summed E-state index contributed by atoms with van der Waals surface area (Å²) in [5.74, 6) is 1.72. The Morgan fingerprint density at radius 1 is 1.16 bits per heavy atom. The van der Waals surface area contributed by atoms with Crippen LogP contribution in [-0.2, 0) is 6.42 Å². The summed E-state index contributed by atoms with van der Waals surface area (Å²) in [6, 6.07) is 10.7. The average Bonchev–Trinajstić information content (AvgIpc) is 2.44. The molecule has 0 saturated heterocycles. The van der Waals surface area contributed by atoms with Gasteiger partial charge in [-0.3, -0.25) is 4.98 Å². The first-order valence-corrected chi connectivity index (χ1v) is 7.42. The number of pyridine rings is 1. The van der Waals surface area contributed by atoms with Gasteiger partial charge in [-0.25, -0.2) is 0 Å². The van der Waals surface area contributed by atoms with Crippen LogP contribution < -0.4 is 5.32 Å². The highest BCUT2D eigenvalue weighted by molar-refractivity contribution is 5.81. The number of hydrogen-bond donors (Lipinski definition) is 1. The van der Waals surface area contributed by atoms with E-state index in [2.05, 4.69) is 47.6 Å². The van der Waals surface area contributed by atoms with Crippen LogP contribution in [0.2, 0.25) is 0 Å². The Kier molecular flexibility index (Phi) is 3.79. The zero-order valence-electron chi connectivity index (χ0n) is 11.6. The van der Waals surface area contributed by atoms with E-state index >= 15 is 0 Å². The summed E-state index contributed by atoms with van der Waals surface area (Å²) in [4.78, 5) is 4.45. The standard InChI is InChI=1S/C17H22N2/c1-2-18-12-15-8-7-13(15)11-14-9-10-19-17-6-4-3-5-16(14)17/h3-6,9-10,13,15,18H,2,7-8,11-12H2,1H3. The molecule has 2 unspecified atom stereocenters. The molecule has 1 N–H and O–H groups in total. The Labute approximate surface area is 115 Å². The second-order valence-electron chi connectivity index (χ2n) is 5.60. The van der Waals surface area contributed by atoms with Gasteiger partial charge >= 0.3 is 0 Å². The lowest BCUT2D eigenvalue weighted by atomic mass is 9.70. The molecule has 1 saturated carbocycles. The maximum absolute atomic E-state index is 4.45. The fraction of sp³-hybridized carbons (Fsp3) is 0.471. The molecule has 3 rings (SSSR count). The molecule has 1 aliphatic rings. The second kappa shape index (κ2) is 5.70. The highest BCUT2D eigenvalue weighted by Crippen LogP contribution is 2.37. The van der Waals surface area contributed by atoms with E-state index in [1.54, 1.807) is 0 Å². The van der Waals surface area contributed by atoms with E-state index in [1.807, 2.05) is 6.20 Å². The van der Waals surface area contributed by atoms with E-state index in [4.69, 9.17) is 0 Å². The minimum Gasteiger partial charge on any atom is -0.317 e. The van der Waals surface area contributed by atoms with Crippen LogP contribution in [0.25, 0.3) is 10.9 Å². The van der Waals surface area contributed by atoms with E-state index < -0.39 is 0 Å². The lowest BCUT2D eigenvalue weighted by Crippen LogP contribution is -2.36. The van der Waals surface area contributed by atoms with Gasteiger partial charge in [-0.15, -0.1) is 0 Å². The highest BCUT2D eigenvalue weighted by Gasteiger charge is 2.30. The van der Waals surface area contributed by atoms with Crippen molar-refractivity contribution in [2.75, 3.05) is 13.1 Å². The van der Waals surface area contributed by atoms with Gasteiger partial charge in [-0.2, -0.15) is 0 Å². The van der Waals surface area contributed by atoms with E-state index in [1.165, 1.54) is 36.8 Å². The maximum atomic E-state index is 4.45. The van der Waals surface area contributed by atoms with Crippen molar-refractivity contribution in [3.05, 3.63) is 42.1 Å². The summed E-state index contributed by atoms with van der Waals surface area (Å²) < 4.78 is 0. The van der Waals surface area contributed by atoms with Crippen molar-refractivity contribution in [1.82, 2.24) is 10.3 Å². The lowest BCUT2D eigenvalue weighted by Gasteiger charge is -2.37. The third-order valence-electron chi connectivity index (χ3n) is 4.45. The molecule has 0 bridgehead atoms. The van der Waals surface area contributed by atoms with Crippen molar-refractivity contribution in [2.24, 2.45) is 11.8 Å². The van der Waals surface area contributed by atoms with Crippen molar-refractivity contribution in [2.45, 2.75) is 26.2 Å². The topological polar surface area (TPSA) is 24.9 Å². The van der Waals surface area contributed by atoms with Gasteiger partial charge in [0.15, 0.2) is 0 Å². The van der Waals surface area contributed by atoms with Gasteiger partial charge in [-0.1, -0.05) is 25.1 Å². The molecule has 1 fully saturated rings. The molecule has 0 spiro atoms. The SMILES string of the molecule is CCNCC1CCC1Cc1ccnc2ccccc12. The Bertz CT molecular complexity index is 544. The number of nitrogens with one attached hydrogen (secondary N) is 1. The minimum atomic E-state index is 0.852. The normalized spacial score (nSPS) is 22.4. The second-order valence-corrected chi connectivity index (χ2v) is 5.60. The van der Waals surface area contributed by atoms with Crippen LogP contribution in [0.1, 0.15) is 25.3 Å². The van der Waals surface area contributed by atoms with E-state index in [0.29, 0.717) is 0 Å². The van der Waals surface area contributed by atoms with Crippen molar-refractivity contribution in [1.29, 1.82) is 0 Å². The molecule has 1 aromatic heterocycles. The van der Waals surface area contributed by atoms with Crippen LogP contribution >= 0.6 is 0 Å². The van der Waals surface area contributed by atoms with E-state index in [-0.39, 0.29) is 0 Å². The van der Waals surface area contributed by atoms with Gasteiger partial charge < -0.3 is 5.32 Å². The molecule has 0 amide bonds. The third kappa shape index (κ3) is 2.64. The van der Waals surface area contributed by atoms with E-state index in [9.17, 15) is 0 Å². The molecule has 0 radical (unpaired) electrons. The molecule has 1 heterocycles. The number of benzene rings is 1. The zero-order valence-corrected chi connectivity index (χ0v) is 11.6. The van der Waals surface area contributed by atoms with Gasteiger partial charge in [0.1, 0.15) is 0 Å². The quantitative estimate of drug-likeness (QED) is 0.884. The van der Waals surface area contributed by atoms with Gasteiger partial charge in [0.25, 0.3) is 0 Å². The number of nitrogens with zero attached hydrogens (tertiary/aromatic N) is 1. The first-order valence-electron chi connectivity index (χ1n) is 7.42. The van der Waals surface area contributed by atoms with E-state index in [0.717, 1.165) is 23.9 Å². The molecule has 2 nitrogen and oxygen atoms in total. The number of para-hydroxylation sites is 1. The average molecular weight is 254 g/mol. The van der Waals surface area contributed by atoms with Gasteiger partial charge in [0, 0.05) is 11.6 Å². The van der Waals surface area contributed by atoms with Crippen LogP contribution in [0.3, 0.4) is 0 Å². The highest BCUT2D eigenvalue weighted by atomic mass is 14.9. The van der Waals surface area contributed by atoms with Crippen molar-refractivity contribution in [3.8, 4) is 0 Å². The fourth-order valence-corrected chi connectivity index (χ4v) is 3.12. The third-order valence-corrected chi connectivity index (χ3v) is 4.45. The number of hydrogen-bond acceptors (Lipinski definition) is 2. The molecule has 19 heavy (non-hydrogen) atoms. The Morgan fingerprint density at radius 3 is 2.79 bits per heavy atom. The number of rotatable bonds is 5. The maximum Gasteiger partial charge on any atom is 0.0704 e. The van der Waals surface area contributed by atoms with Crippen molar-refractivity contribution >= 4 is 10.9 Å². The Morgan fingerprint density at radius 2 is 2.00 bits per heavy atom. The monoisotopic (exact) mass is 254 g/mol. The predicted octanol–water partition coefficient (Wildman–Crippen LogP) is 3.41. The fourth-order valence-electron chi connectivity index (χ4n) is 3.12. The van der Waals surface area contributed by atoms with Crippen LogP contribution in [0.5, 0.6) is 0 Å². The summed E-state index contributed by atoms with van der Waals surface area (Å²) in [7, 11) is 0. The Balaban J connectivity index is 1.75. The summed E-state index contributed by atoms with van der Waals surface area (Å²) >= 11 is 0. The van der Waals surface area contributed by atoms with Crippen LogP contribution in [-0.4, -0.2) is 18.1 Å². The molecule has 0 aliphatic heterocycles. The molecular formula is C17H22N2. The molecule has 2 aromatic rings. The largest absolute Gasteiger partial charge is 0.317 e. The first kappa shape index (κ1) is 12.6. The predicted molar refractivity (Wildman–Crippen MR) is 80.2 cm³/mol. The first-order chi connectivity index (χ1) is 9.38. The smallest absolute Gasteiger partial charge is 0.0704 e. The van der Waals surface area contributed by atoms with Gasteiger partial charge in [-0.05, 0) is 61.9 Å². The van der Waals surface area contributed by atoms with Crippen LogP contribution in [0, 0.1) is 11.8 Å². The summed E-state index contributed by atoms with van der Waals surface area (Å²) in [5.41, 5.74) is 2.60. The summed E-state index contributed by atoms with van der Waals surface area (Å²) in [6.45, 7) is 4.45. The summed E-state index contributed by atoms with van der Waals surface area (Å²) in [6.07, 6.45) is 5.93. The molecule has 100 valence electrons. The number of aromatic nitrogens is 1. The Hall–Kier alpha value is -1.41.